The average Bonchev–Trinajstić information content (AvgIpc) is 3.18. The van der Waals surface area contributed by atoms with E-state index in [9.17, 15) is 23.3 Å². The van der Waals surface area contributed by atoms with Crippen molar-refractivity contribution in [1.29, 1.82) is 0 Å². The molecule has 0 atom stereocenters. The van der Waals surface area contributed by atoms with Crippen molar-refractivity contribution in [3.8, 4) is 0 Å². The molecule has 0 aromatic carbocycles. The van der Waals surface area contributed by atoms with Crippen molar-refractivity contribution in [3.63, 3.8) is 0 Å². The number of hydrogen-bond donors (Lipinski definition) is 1. The first-order chi connectivity index (χ1) is 11.8. The Kier molecular flexibility index (Phi) is 4.96. The van der Waals surface area contributed by atoms with Crippen molar-refractivity contribution >= 4 is 17.5 Å². The van der Waals surface area contributed by atoms with Crippen LogP contribution in [0.2, 0.25) is 0 Å². The smallest absolute Gasteiger partial charge is 0.361 e. The van der Waals surface area contributed by atoms with E-state index in [-0.39, 0.29) is 36.1 Å². The zero-order valence-corrected chi connectivity index (χ0v) is 13.6. The van der Waals surface area contributed by atoms with Gasteiger partial charge in [-0.1, -0.05) is 12.8 Å². The summed E-state index contributed by atoms with van der Waals surface area (Å²) in [5.74, 6) is 0.220. The van der Waals surface area contributed by atoms with Crippen LogP contribution in [0.15, 0.2) is 6.20 Å². The van der Waals surface area contributed by atoms with Crippen molar-refractivity contribution < 1.29 is 18.1 Å². The minimum atomic E-state index is -4.27. The molecule has 1 aromatic rings. The van der Waals surface area contributed by atoms with Crippen molar-refractivity contribution in [2.45, 2.75) is 63.2 Å². The molecule has 2 fully saturated rings. The summed E-state index contributed by atoms with van der Waals surface area (Å²) in [5.41, 5.74) is -0.252. The summed E-state index contributed by atoms with van der Waals surface area (Å²) in [6.07, 6.45) is 1.12. The lowest BCUT2D eigenvalue weighted by Crippen LogP contribution is -2.37. The molecule has 0 saturated heterocycles. The van der Waals surface area contributed by atoms with Gasteiger partial charge in [-0.05, 0) is 25.7 Å². The first kappa shape index (κ1) is 17.7. The Hall–Kier alpha value is -2.13. The third-order valence-corrected chi connectivity index (χ3v) is 4.53. The molecule has 0 radical (unpaired) electrons. The maximum absolute atomic E-state index is 12.7. The standard InChI is InChI=1S/C15H20F3N5O2/c16-15(17,18)7-8-22(11-3-1-2-4-11)14-19-9-12(23(24)25)13(21-14)20-10-5-6-10/h9-11H,1-8H2,(H,19,20,21). The van der Waals surface area contributed by atoms with Crippen LogP contribution in [-0.4, -0.2) is 39.7 Å². The molecule has 1 aromatic heterocycles. The van der Waals surface area contributed by atoms with Gasteiger partial charge in [-0.25, -0.2) is 4.98 Å². The SMILES string of the molecule is O=[N+]([O-])c1cnc(N(CCC(F)(F)F)C2CCCC2)nc1NC1CC1. The molecule has 7 nitrogen and oxygen atoms in total. The summed E-state index contributed by atoms with van der Waals surface area (Å²) in [4.78, 5) is 20.3. The molecule has 2 aliphatic carbocycles. The van der Waals surface area contributed by atoms with E-state index in [4.69, 9.17) is 0 Å². The van der Waals surface area contributed by atoms with Crippen LogP contribution in [0.1, 0.15) is 44.9 Å². The molecule has 0 spiro atoms. The normalized spacial score (nSPS) is 18.4. The number of nitrogens with one attached hydrogen (secondary N) is 1. The molecule has 1 N–H and O–H groups in total. The van der Waals surface area contributed by atoms with Crippen LogP contribution in [0.5, 0.6) is 0 Å². The molecule has 0 bridgehead atoms. The molecular weight excluding hydrogens is 339 g/mol. The van der Waals surface area contributed by atoms with Crippen LogP contribution in [-0.2, 0) is 0 Å². The maximum Gasteiger partial charge on any atom is 0.390 e. The topological polar surface area (TPSA) is 84.2 Å². The van der Waals surface area contributed by atoms with E-state index in [1.54, 1.807) is 4.90 Å². The van der Waals surface area contributed by atoms with Gasteiger partial charge >= 0.3 is 11.9 Å². The highest BCUT2D eigenvalue weighted by atomic mass is 19.4. The van der Waals surface area contributed by atoms with Gasteiger partial charge in [0.1, 0.15) is 6.20 Å². The second-order valence-corrected chi connectivity index (χ2v) is 6.58. The van der Waals surface area contributed by atoms with E-state index < -0.39 is 17.5 Å². The zero-order chi connectivity index (χ0) is 18.0. The lowest BCUT2D eigenvalue weighted by atomic mass is 10.2. The highest BCUT2D eigenvalue weighted by Crippen LogP contribution is 2.33. The monoisotopic (exact) mass is 359 g/mol. The molecule has 0 amide bonds. The van der Waals surface area contributed by atoms with E-state index in [0.29, 0.717) is 0 Å². The fourth-order valence-electron chi connectivity index (χ4n) is 3.07. The van der Waals surface area contributed by atoms with E-state index in [2.05, 4.69) is 15.3 Å². The predicted octanol–water partition coefficient (Wildman–Crippen LogP) is 3.66. The third kappa shape index (κ3) is 4.70. The molecule has 138 valence electrons. The fourth-order valence-corrected chi connectivity index (χ4v) is 3.07. The first-order valence-corrected chi connectivity index (χ1v) is 8.45. The van der Waals surface area contributed by atoms with Gasteiger partial charge in [0.25, 0.3) is 0 Å². The first-order valence-electron chi connectivity index (χ1n) is 8.45. The highest BCUT2D eigenvalue weighted by Gasteiger charge is 2.33. The number of rotatable bonds is 7. The molecule has 25 heavy (non-hydrogen) atoms. The Balaban J connectivity index is 1.86. The molecule has 10 heteroatoms. The van der Waals surface area contributed by atoms with Gasteiger partial charge in [-0.15, -0.1) is 0 Å². The summed E-state index contributed by atoms with van der Waals surface area (Å²) in [6.45, 7) is -0.241. The Morgan fingerprint density at radius 1 is 1.28 bits per heavy atom. The van der Waals surface area contributed by atoms with Crippen LogP contribution in [0.4, 0.5) is 30.6 Å². The molecular formula is C15H20F3N5O2. The van der Waals surface area contributed by atoms with Crippen molar-refractivity contribution in [2.75, 3.05) is 16.8 Å². The van der Waals surface area contributed by atoms with Crippen molar-refractivity contribution in [3.05, 3.63) is 16.3 Å². The minimum absolute atomic E-state index is 0.0578. The van der Waals surface area contributed by atoms with Crippen LogP contribution in [0.25, 0.3) is 0 Å². The Morgan fingerprint density at radius 3 is 2.52 bits per heavy atom. The Labute approximate surface area is 142 Å². The van der Waals surface area contributed by atoms with Crippen LogP contribution >= 0.6 is 0 Å². The molecule has 0 aliphatic heterocycles. The van der Waals surface area contributed by atoms with Gasteiger partial charge in [0.15, 0.2) is 0 Å². The summed E-state index contributed by atoms with van der Waals surface area (Å²) < 4.78 is 38.0. The predicted molar refractivity (Wildman–Crippen MR) is 85.6 cm³/mol. The van der Waals surface area contributed by atoms with Crippen molar-refractivity contribution in [2.24, 2.45) is 0 Å². The molecule has 3 rings (SSSR count). The van der Waals surface area contributed by atoms with Gasteiger partial charge in [-0.2, -0.15) is 18.2 Å². The summed E-state index contributed by atoms with van der Waals surface area (Å²) >= 11 is 0. The second kappa shape index (κ2) is 7.01. The lowest BCUT2D eigenvalue weighted by Gasteiger charge is -2.29. The molecule has 2 aliphatic rings. The number of anilines is 2. The van der Waals surface area contributed by atoms with Gasteiger partial charge in [0, 0.05) is 18.6 Å². The number of nitrogens with zero attached hydrogens (tertiary/aromatic N) is 4. The summed E-state index contributed by atoms with van der Waals surface area (Å²) in [7, 11) is 0. The zero-order valence-electron chi connectivity index (χ0n) is 13.6. The minimum Gasteiger partial charge on any atom is -0.361 e. The number of alkyl halides is 3. The average molecular weight is 359 g/mol. The molecule has 2 saturated carbocycles. The van der Waals surface area contributed by atoms with E-state index in [0.717, 1.165) is 44.7 Å². The number of aromatic nitrogens is 2. The van der Waals surface area contributed by atoms with Crippen molar-refractivity contribution in [1.82, 2.24) is 9.97 Å². The molecule has 1 heterocycles. The number of nitro groups is 1. The summed E-state index contributed by atoms with van der Waals surface area (Å²) in [5, 5.41) is 14.1. The van der Waals surface area contributed by atoms with E-state index >= 15 is 0 Å². The van der Waals surface area contributed by atoms with Gasteiger partial charge in [-0.3, -0.25) is 10.1 Å². The lowest BCUT2D eigenvalue weighted by molar-refractivity contribution is -0.384. The third-order valence-electron chi connectivity index (χ3n) is 4.53. The van der Waals surface area contributed by atoms with E-state index in [1.807, 2.05) is 0 Å². The molecule has 0 unspecified atom stereocenters. The number of halogens is 3. The van der Waals surface area contributed by atoms with Crippen LogP contribution < -0.4 is 10.2 Å². The van der Waals surface area contributed by atoms with E-state index in [1.165, 1.54) is 0 Å². The van der Waals surface area contributed by atoms with Gasteiger partial charge in [0.2, 0.25) is 11.8 Å². The van der Waals surface area contributed by atoms with Gasteiger partial charge < -0.3 is 10.2 Å². The van der Waals surface area contributed by atoms with Crippen LogP contribution in [0.3, 0.4) is 0 Å². The highest BCUT2D eigenvalue weighted by molar-refractivity contribution is 5.58. The summed E-state index contributed by atoms with van der Waals surface area (Å²) in [6, 6.07) is 0.0779. The quantitative estimate of drug-likeness (QED) is 0.591. The Morgan fingerprint density at radius 2 is 1.96 bits per heavy atom. The fraction of sp³-hybridized carbons (Fsp3) is 0.733. The van der Waals surface area contributed by atoms with Gasteiger partial charge in [0.05, 0.1) is 11.3 Å². The van der Waals surface area contributed by atoms with Crippen LogP contribution in [0, 0.1) is 10.1 Å². The largest absolute Gasteiger partial charge is 0.390 e. The number of hydrogen-bond acceptors (Lipinski definition) is 6. The Bertz CT molecular complexity index is 630. The maximum atomic E-state index is 12.7. The second-order valence-electron chi connectivity index (χ2n) is 6.58.